The lowest BCUT2D eigenvalue weighted by Gasteiger charge is -2.42. The molecule has 0 saturated carbocycles. The molecule has 2 N–H and O–H groups in total. The maximum atomic E-state index is 15.0. The first-order chi connectivity index (χ1) is 24.4. The van der Waals surface area contributed by atoms with Crippen molar-refractivity contribution in [3.63, 3.8) is 0 Å². The van der Waals surface area contributed by atoms with Crippen LogP contribution in [-0.4, -0.2) is 46.6 Å². The van der Waals surface area contributed by atoms with Gasteiger partial charge in [-0.2, -0.15) is 18.3 Å². The van der Waals surface area contributed by atoms with Crippen molar-refractivity contribution in [1.82, 2.24) is 20.5 Å². The Labute approximate surface area is 293 Å². The highest BCUT2D eigenvalue weighted by Gasteiger charge is 2.47. The molecule has 7 nitrogen and oxygen atoms in total. The van der Waals surface area contributed by atoms with Gasteiger partial charge in [-0.15, -0.1) is 0 Å². The molecule has 0 aliphatic carbocycles. The number of benzene rings is 4. The molecule has 2 aromatic heterocycles. The van der Waals surface area contributed by atoms with E-state index in [-0.39, 0.29) is 5.56 Å². The second-order valence-electron chi connectivity index (χ2n) is 13.9. The van der Waals surface area contributed by atoms with Crippen LogP contribution in [0.5, 0.6) is 0 Å². The van der Waals surface area contributed by atoms with Gasteiger partial charge >= 0.3 is 12.3 Å². The van der Waals surface area contributed by atoms with E-state index in [0.717, 1.165) is 22.8 Å². The number of nitrogens with zero attached hydrogens (tertiary/aromatic N) is 2. The number of aromatic amines is 1. The second kappa shape index (κ2) is 13.0. The second-order valence-corrected chi connectivity index (χ2v) is 13.9. The predicted octanol–water partition coefficient (Wildman–Crippen LogP) is 8.82. The summed E-state index contributed by atoms with van der Waals surface area (Å²) < 4.78 is 56.2. The van der Waals surface area contributed by atoms with Crippen molar-refractivity contribution in [3.8, 4) is 11.1 Å². The summed E-state index contributed by atoms with van der Waals surface area (Å²) in [6.07, 6.45) is -3.51. The van der Waals surface area contributed by atoms with Gasteiger partial charge in [0.2, 0.25) is 0 Å². The Bertz CT molecular complexity index is 2130. The summed E-state index contributed by atoms with van der Waals surface area (Å²) in [5, 5.41) is 11.3. The number of H-pyrrole nitrogens is 1. The summed E-state index contributed by atoms with van der Waals surface area (Å²) in [6, 6.07) is 33.9. The Morgan fingerprint density at radius 1 is 0.843 bits per heavy atom. The van der Waals surface area contributed by atoms with E-state index in [2.05, 4.69) is 20.5 Å². The number of ether oxygens (including phenoxy) is 2. The molecule has 0 spiro atoms. The zero-order valence-electron chi connectivity index (χ0n) is 28.4. The summed E-state index contributed by atoms with van der Waals surface area (Å²) in [4.78, 5) is 17.2. The fourth-order valence-electron chi connectivity index (χ4n) is 7.08. The third-order valence-electron chi connectivity index (χ3n) is 9.39. The molecular weight excluding hydrogens is 653 g/mol. The van der Waals surface area contributed by atoms with Crippen molar-refractivity contribution in [3.05, 3.63) is 155 Å². The van der Waals surface area contributed by atoms with E-state index in [0.29, 0.717) is 47.6 Å². The number of carbonyl (C=O) groups is 1. The topological polar surface area (TPSA) is 89.1 Å². The minimum absolute atomic E-state index is 0.0581. The van der Waals surface area contributed by atoms with Gasteiger partial charge in [0, 0.05) is 12.7 Å². The van der Waals surface area contributed by atoms with Crippen molar-refractivity contribution >= 4 is 17.1 Å². The largest absolute Gasteiger partial charge is 0.444 e. The van der Waals surface area contributed by atoms with E-state index in [4.69, 9.17) is 9.47 Å². The number of aromatic nitrogens is 3. The number of amides is 1. The van der Waals surface area contributed by atoms with Crippen LogP contribution in [0.3, 0.4) is 0 Å². The number of hydrogen-bond donors (Lipinski definition) is 2. The number of alkyl halides is 3. The summed E-state index contributed by atoms with van der Waals surface area (Å²) in [5.74, 6) is 0. The third-order valence-corrected chi connectivity index (χ3v) is 9.39. The van der Waals surface area contributed by atoms with Gasteiger partial charge in [0.05, 0.1) is 40.7 Å². The van der Waals surface area contributed by atoms with Crippen LogP contribution in [0.4, 0.5) is 18.0 Å². The Kier molecular flexibility index (Phi) is 8.67. The minimum atomic E-state index is -4.65. The fourth-order valence-corrected chi connectivity index (χ4v) is 7.08. The van der Waals surface area contributed by atoms with Crippen molar-refractivity contribution in [2.75, 3.05) is 19.8 Å². The number of pyridine rings is 1. The van der Waals surface area contributed by atoms with E-state index < -0.39 is 34.3 Å². The first-order valence-corrected chi connectivity index (χ1v) is 16.7. The number of rotatable bonds is 8. The Morgan fingerprint density at radius 3 is 2.06 bits per heavy atom. The van der Waals surface area contributed by atoms with Gasteiger partial charge in [0.25, 0.3) is 0 Å². The van der Waals surface area contributed by atoms with Crippen molar-refractivity contribution in [1.29, 1.82) is 0 Å². The van der Waals surface area contributed by atoms with Crippen LogP contribution in [0, 0.1) is 0 Å². The van der Waals surface area contributed by atoms with Gasteiger partial charge in [0.15, 0.2) is 5.65 Å². The van der Waals surface area contributed by atoms with Crippen molar-refractivity contribution < 1.29 is 27.4 Å². The van der Waals surface area contributed by atoms with E-state index >= 15 is 13.2 Å². The molecular formula is C41H37F3N4O3. The molecule has 51 heavy (non-hydrogen) atoms. The molecule has 1 saturated heterocycles. The lowest BCUT2D eigenvalue weighted by Crippen LogP contribution is -2.54. The van der Waals surface area contributed by atoms with Crippen LogP contribution in [0.25, 0.3) is 22.2 Å². The molecule has 0 unspecified atom stereocenters. The molecule has 10 heteroatoms. The first kappa shape index (κ1) is 34.0. The van der Waals surface area contributed by atoms with Gasteiger partial charge in [-0.25, -0.2) is 9.78 Å². The van der Waals surface area contributed by atoms with Gasteiger partial charge in [-0.05, 0) is 66.3 Å². The van der Waals surface area contributed by atoms with Gasteiger partial charge < -0.3 is 14.8 Å². The summed E-state index contributed by atoms with van der Waals surface area (Å²) in [6.45, 7) is 6.52. The van der Waals surface area contributed by atoms with E-state index in [1.807, 2.05) is 112 Å². The molecule has 4 aromatic carbocycles. The van der Waals surface area contributed by atoms with Crippen molar-refractivity contribution in [2.24, 2.45) is 0 Å². The predicted molar refractivity (Wildman–Crippen MR) is 189 cm³/mol. The Hall–Kier alpha value is -5.48. The standard InChI is InChI=1S/C41H37F3N4O3/c1-38(2,3)51-37(49)46-24-39(25-50-26-39)30-18-12-13-27(23-30)31-21-22-45-36-34(31)35(47-48-36)40(28-14-6-4-7-15-28,29-16-8-5-9-17-29)32-19-10-11-20-33(32)41(42,43)44/h4-23H,24-26H2,1-3H3,(H,46,49)(H,45,47,48). The molecule has 1 fully saturated rings. The van der Waals surface area contributed by atoms with Crippen LogP contribution in [-0.2, 0) is 26.5 Å². The number of fused-ring (bicyclic) bond motifs is 1. The highest BCUT2D eigenvalue weighted by atomic mass is 19.4. The van der Waals surface area contributed by atoms with Gasteiger partial charge in [0.1, 0.15) is 5.60 Å². The average molecular weight is 691 g/mol. The minimum Gasteiger partial charge on any atom is -0.444 e. The van der Waals surface area contributed by atoms with E-state index in [1.165, 1.54) is 6.07 Å². The molecule has 1 aliphatic rings. The molecule has 1 aliphatic heterocycles. The van der Waals surface area contributed by atoms with Crippen LogP contribution in [0.1, 0.15) is 54.3 Å². The number of halogens is 3. The normalized spacial score (nSPS) is 14.5. The monoisotopic (exact) mass is 690 g/mol. The molecule has 260 valence electrons. The molecule has 0 bridgehead atoms. The van der Waals surface area contributed by atoms with Crippen LogP contribution >= 0.6 is 0 Å². The summed E-state index contributed by atoms with van der Waals surface area (Å²) in [7, 11) is 0. The average Bonchev–Trinajstić information content (AvgIpc) is 3.53. The zero-order chi connectivity index (χ0) is 35.9. The van der Waals surface area contributed by atoms with E-state index in [9.17, 15) is 4.79 Å². The lowest BCUT2D eigenvalue weighted by molar-refractivity contribution is -0.138. The highest BCUT2D eigenvalue weighted by Crippen LogP contribution is 2.51. The quantitative estimate of drug-likeness (QED) is 0.156. The Balaban J connectivity index is 1.45. The van der Waals surface area contributed by atoms with Crippen LogP contribution < -0.4 is 5.32 Å². The van der Waals surface area contributed by atoms with Crippen LogP contribution in [0.2, 0.25) is 0 Å². The highest BCUT2D eigenvalue weighted by molar-refractivity contribution is 5.97. The number of alkyl carbamates (subject to hydrolysis) is 1. The Morgan fingerprint density at radius 2 is 1.47 bits per heavy atom. The van der Waals surface area contributed by atoms with Crippen LogP contribution in [0.15, 0.2) is 121 Å². The smallest absolute Gasteiger partial charge is 0.416 e. The molecule has 3 heterocycles. The van der Waals surface area contributed by atoms with E-state index in [1.54, 1.807) is 18.3 Å². The molecule has 1 amide bonds. The van der Waals surface area contributed by atoms with Gasteiger partial charge in [-0.3, -0.25) is 5.10 Å². The first-order valence-electron chi connectivity index (χ1n) is 16.7. The molecule has 0 radical (unpaired) electrons. The number of hydrogen-bond acceptors (Lipinski definition) is 5. The summed E-state index contributed by atoms with van der Waals surface area (Å²) in [5.41, 5.74) is 1.24. The number of nitrogens with one attached hydrogen (secondary N) is 2. The maximum Gasteiger partial charge on any atom is 0.416 e. The molecule has 0 atom stereocenters. The summed E-state index contributed by atoms with van der Waals surface area (Å²) >= 11 is 0. The fraction of sp³-hybridized carbons (Fsp3) is 0.244. The number of carbonyl (C=O) groups excluding carboxylic acids is 1. The lowest BCUT2D eigenvalue weighted by atomic mass is 9.65. The SMILES string of the molecule is CC(C)(C)OC(=O)NCC1(c2cccc(-c3ccnc4n[nH]c(C(c5ccccc5)(c5ccccc5)c5ccccc5C(F)(F)F)c34)c2)COC1. The maximum absolute atomic E-state index is 15.0. The molecule has 6 aromatic rings. The van der Waals surface area contributed by atoms with Crippen molar-refractivity contribution in [2.45, 2.75) is 43.4 Å². The zero-order valence-corrected chi connectivity index (χ0v) is 28.4. The molecule has 7 rings (SSSR count). The van der Waals surface area contributed by atoms with Gasteiger partial charge in [-0.1, -0.05) is 103 Å². The third kappa shape index (κ3) is 6.25.